The van der Waals surface area contributed by atoms with Crippen molar-refractivity contribution in [1.82, 2.24) is 8.43 Å². The molecule has 0 saturated carbocycles. The summed E-state index contributed by atoms with van der Waals surface area (Å²) in [6, 6.07) is 0. The van der Waals surface area contributed by atoms with Crippen molar-refractivity contribution in [2.45, 2.75) is 17.5 Å². The zero-order valence-corrected chi connectivity index (χ0v) is 13.5. The van der Waals surface area contributed by atoms with E-state index in [9.17, 15) is 15.3 Å². The first kappa shape index (κ1) is 20.4. The van der Waals surface area contributed by atoms with Crippen molar-refractivity contribution in [3.8, 4) is 0 Å². The number of halogens is 1. The fraction of sp³-hybridized carbons (Fsp3) is 1.00. The minimum atomic E-state index is -1.11. The number of nitrogens with zero attached hydrogens (tertiary/aromatic N) is 1. The van der Waals surface area contributed by atoms with Crippen molar-refractivity contribution in [2.24, 2.45) is 0 Å². The second kappa shape index (κ2) is 10.2. The quantitative estimate of drug-likeness (QED) is 0.104. The van der Waals surface area contributed by atoms with E-state index in [-0.39, 0.29) is 39.6 Å². The van der Waals surface area contributed by atoms with Crippen molar-refractivity contribution in [3.63, 3.8) is 0 Å². The van der Waals surface area contributed by atoms with E-state index in [2.05, 4.69) is 5.32 Å². The van der Waals surface area contributed by atoms with E-state index in [1.54, 1.807) is 3.11 Å². The van der Waals surface area contributed by atoms with Gasteiger partial charge in [0.05, 0.1) is 50.7 Å². The molecule has 122 valence electrons. The normalized spacial score (nSPS) is 13.2. The summed E-state index contributed by atoms with van der Waals surface area (Å²) < 4.78 is 1.63. The summed E-state index contributed by atoms with van der Waals surface area (Å²) in [7, 11) is 0. The highest BCUT2D eigenvalue weighted by Crippen LogP contribution is 2.19. The number of hydrogen-bond acceptors (Lipinski definition) is 8. The summed E-state index contributed by atoms with van der Waals surface area (Å²) in [6.45, 7) is -1.39. The van der Waals surface area contributed by atoms with Gasteiger partial charge < -0.3 is 36.0 Å². The van der Waals surface area contributed by atoms with Gasteiger partial charge in [-0.3, -0.25) is 0 Å². The number of rotatable bonds is 12. The second-order valence-corrected chi connectivity index (χ2v) is 5.98. The largest absolute Gasteiger partial charge is 0.394 e. The maximum atomic E-state index is 9.27. The molecular weight excluding hydrogens is 383 g/mol. The smallest absolute Gasteiger partial charge is 0.0994 e. The van der Waals surface area contributed by atoms with Crippen LogP contribution < -0.4 is 5.32 Å². The molecule has 0 radical (unpaired) electrons. The molecule has 8 nitrogen and oxygen atoms in total. The Morgan fingerprint density at radius 3 is 1.60 bits per heavy atom. The summed E-state index contributed by atoms with van der Waals surface area (Å²) in [5, 5.41) is 58.1. The van der Waals surface area contributed by atoms with Crippen LogP contribution >= 0.6 is 22.9 Å². The highest BCUT2D eigenvalue weighted by Gasteiger charge is 2.34. The molecule has 0 atom stereocenters. The van der Waals surface area contributed by atoms with Crippen LogP contribution in [0.1, 0.15) is 6.42 Å². The van der Waals surface area contributed by atoms with Gasteiger partial charge >= 0.3 is 0 Å². The Morgan fingerprint density at radius 1 is 0.800 bits per heavy atom. The third-order valence-corrected chi connectivity index (χ3v) is 4.84. The molecule has 0 fully saturated rings. The van der Waals surface area contributed by atoms with Gasteiger partial charge in [-0.2, -0.15) is 0 Å². The van der Waals surface area contributed by atoms with Crippen molar-refractivity contribution < 1.29 is 30.6 Å². The van der Waals surface area contributed by atoms with Crippen LogP contribution in [0.5, 0.6) is 0 Å². The standard InChI is InChI=1S/C11H25IN2O6/c12-14(11(7-18,8-19)9-20)3-1-2-13-10(4-15,5-16)6-17/h13,15-20H,1-9H2. The molecule has 7 N–H and O–H groups in total. The van der Waals surface area contributed by atoms with Crippen LogP contribution in [-0.2, 0) is 0 Å². The summed E-state index contributed by atoms with van der Waals surface area (Å²) in [5.41, 5.74) is -2.19. The first-order chi connectivity index (χ1) is 9.49. The predicted molar refractivity (Wildman–Crippen MR) is 81.3 cm³/mol. The third-order valence-electron chi connectivity index (χ3n) is 3.34. The van der Waals surface area contributed by atoms with E-state index in [4.69, 9.17) is 15.3 Å². The summed E-state index contributed by atoms with van der Waals surface area (Å²) in [4.78, 5) is 0. The topological polar surface area (TPSA) is 137 Å². The van der Waals surface area contributed by atoms with E-state index in [1.165, 1.54) is 0 Å². The van der Waals surface area contributed by atoms with E-state index >= 15 is 0 Å². The Morgan fingerprint density at radius 2 is 1.25 bits per heavy atom. The molecule has 9 heteroatoms. The number of hydrogen-bond donors (Lipinski definition) is 7. The average molecular weight is 408 g/mol. The van der Waals surface area contributed by atoms with Crippen molar-refractivity contribution >= 4 is 22.9 Å². The van der Waals surface area contributed by atoms with Gasteiger partial charge in [-0.1, -0.05) is 0 Å². The maximum absolute atomic E-state index is 9.27. The lowest BCUT2D eigenvalue weighted by Gasteiger charge is -2.36. The molecule has 0 aromatic carbocycles. The van der Waals surface area contributed by atoms with Crippen LogP contribution in [0, 0.1) is 0 Å². The Balaban J connectivity index is 4.24. The highest BCUT2D eigenvalue weighted by atomic mass is 127. The molecule has 0 aliphatic heterocycles. The molecule has 0 spiro atoms. The lowest BCUT2D eigenvalue weighted by molar-refractivity contribution is 0.00573. The van der Waals surface area contributed by atoms with Gasteiger partial charge in [-0.15, -0.1) is 0 Å². The van der Waals surface area contributed by atoms with Crippen LogP contribution in [0.2, 0.25) is 0 Å². The molecule has 0 bridgehead atoms. The maximum Gasteiger partial charge on any atom is 0.0994 e. The van der Waals surface area contributed by atoms with Gasteiger partial charge in [0.15, 0.2) is 0 Å². The molecular formula is C11H25IN2O6. The number of aliphatic hydroxyl groups is 6. The van der Waals surface area contributed by atoms with Crippen LogP contribution in [0.4, 0.5) is 0 Å². The minimum absolute atomic E-state index is 0.371. The summed E-state index contributed by atoms with van der Waals surface area (Å²) in [5.74, 6) is 0. The van der Waals surface area contributed by atoms with Crippen LogP contribution in [0.15, 0.2) is 0 Å². The molecule has 20 heavy (non-hydrogen) atoms. The lowest BCUT2D eigenvalue weighted by atomic mass is 10.0. The molecule has 0 aliphatic rings. The van der Waals surface area contributed by atoms with Crippen LogP contribution in [0.25, 0.3) is 0 Å². The van der Waals surface area contributed by atoms with Gasteiger partial charge in [-0.05, 0) is 13.0 Å². The molecule has 0 unspecified atom stereocenters. The average Bonchev–Trinajstić information content (AvgIpc) is 2.50. The van der Waals surface area contributed by atoms with E-state index < -0.39 is 11.1 Å². The Labute approximate surface area is 132 Å². The van der Waals surface area contributed by atoms with E-state index in [1.807, 2.05) is 22.9 Å². The summed E-state index contributed by atoms with van der Waals surface area (Å²) >= 11 is 1.92. The first-order valence-corrected chi connectivity index (χ1v) is 7.30. The highest BCUT2D eigenvalue weighted by molar-refractivity contribution is 14.1. The minimum Gasteiger partial charge on any atom is -0.394 e. The molecule has 0 heterocycles. The van der Waals surface area contributed by atoms with E-state index in [0.29, 0.717) is 19.5 Å². The number of aliphatic hydroxyl groups excluding tert-OH is 6. The van der Waals surface area contributed by atoms with Crippen molar-refractivity contribution in [3.05, 3.63) is 0 Å². The van der Waals surface area contributed by atoms with Gasteiger partial charge in [0, 0.05) is 29.4 Å². The van der Waals surface area contributed by atoms with Gasteiger partial charge in [0.2, 0.25) is 0 Å². The fourth-order valence-electron chi connectivity index (χ4n) is 1.51. The zero-order chi connectivity index (χ0) is 15.6. The zero-order valence-electron chi connectivity index (χ0n) is 11.4. The van der Waals surface area contributed by atoms with Gasteiger partial charge in [0.1, 0.15) is 0 Å². The van der Waals surface area contributed by atoms with Crippen molar-refractivity contribution in [1.29, 1.82) is 0 Å². The lowest BCUT2D eigenvalue weighted by Crippen LogP contribution is -2.56. The molecule has 0 aromatic heterocycles. The predicted octanol–water partition coefficient (Wildman–Crippen LogP) is -2.95. The molecule has 0 rings (SSSR count). The summed E-state index contributed by atoms with van der Waals surface area (Å²) in [6.07, 6.45) is 0.576. The molecule has 0 aliphatic carbocycles. The Bertz CT molecular complexity index is 235. The molecule has 0 aromatic rings. The van der Waals surface area contributed by atoms with Gasteiger partial charge in [0.25, 0.3) is 0 Å². The molecule has 0 saturated heterocycles. The Hall–Kier alpha value is 0.410. The fourth-order valence-corrected chi connectivity index (χ4v) is 2.31. The monoisotopic (exact) mass is 408 g/mol. The molecule has 0 amide bonds. The van der Waals surface area contributed by atoms with Crippen molar-refractivity contribution in [2.75, 3.05) is 52.7 Å². The van der Waals surface area contributed by atoms with E-state index in [0.717, 1.165) is 0 Å². The second-order valence-electron chi connectivity index (χ2n) is 4.82. The Kier molecular flexibility index (Phi) is 10.4. The van der Waals surface area contributed by atoms with Crippen LogP contribution in [0.3, 0.4) is 0 Å². The first-order valence-electron chi connectivity index (χ1n) is 6.33. The third kappa shape index (κ3) is 5.31. The van der Waals surface area contributed by atoms with Crippen LogP contribution in [-0.4, -0.2) is 97.6 Å². The SMILES string of the molecule is OCC(CO)(CO)NCCCN(I)C(CO)(CO)CO. The number of nitrogens with one attached hydrogen (secondary N) is 1. The van der Waals surface area contributed by atoms with Gasteiger partial charge in [-0.25, -0.2) is 3.11 Å².